The zero-order valence-corrected chi connectivity index (χ0v) is 9.94. The molecular formula is C13H19NO2. The van der Waals surface area contributed by atoms with Gasteiger partial charge in [0.25, 0.3) is 0 Å². The molecule has 0 amide bonds. The van der Waals surface area contributed by atoms with E-state index in [4.69, 9.17) is 9.84 Å². The number of nitrogens with zero attached hydrogens (tertiary/aromatic N) is 1. The van der Waals surface area contributed by atoms with Crippen LogP contribution in [0.4, 0.5) is 5.69 Å². The average molecular weight is 221 g/mol. The topological polar surface area (TPSA) is 32.7 Å². The first-order valence-electron chi connectivity index (χ1n) is 5.75. The number of aliphatic hydroxyl groups is 1. The monoisotopic (exact) mass is 221 g/mol. The predicted octanol–water partition coefficient (Wildman–Crippen LogP) is 1.50. The van der Waals surface area contributed by atoms with E-state index in [2.05, 4.69) is 36.9 Å². The fraction of sp³-hybridized carbons (Fsp3) is 0.538. The van der Waals surface area contributed by atoms with Crippen molar-refractivity contribution in [3.63, 3.8) is 0 Å². The van der Waals surface area contributed by atoms with E-state index in [9.17, 15) is 0 Å². The largest absolute Gasteiger partial charge is 0.394 e. The highest BCUT2D eigenvalue weighted by atomic mass is 16.5. The molecule has 1 aromatic rings. The van der Waals surface area contributed by atoms with Gasteiger partial charge in [-0.25, -0.2) is 0 Å². The van der Waals surface area contributed by atoms with Crippen molar-refractivity contribution in [1.82, 2.24) is 0 Å². The lowest BCUT2D eigenvalue weighted by Gasteiger charge is -2.34. The number of morpholine rings is 1. The summed E-state index contributed by atoms with van der Waals surface area (Å²) in [4.78, 5) is 2.29. The van der Waals surface area contributed by atoms with Crippen molar-refractivity contribution in [3.05, 3.63) is 29.3 Å². The Kier molecular flexibility index (Phi) is 3.46. The van der Waals surface area contributed by atoms with E-state index in [1.165, 1.54) is 16.8 Å². The minimum absolute atomic E-state index is 0.0468. The second-order valence-corrected chi connectivity index (χ2v) is 4.41. The predicted molar refractivity (Wildman–Crippen MR) is 65.0 cm³/mol. The number of hydrogen-bond acceptors (Lipinski definition) is 3. The Hall–Kier alpha value is -1.06. The molecule has 0 aliphatic carbocycles. The third kappa shape index (κ3) is 2.36. The number of rotatable bonds is 2. The molecule has 1 unspecified atom stereocenters. The van der Waals surface area contributed by atoms with Crippen molar-refractivity contribution >= 4 is 5.69 Å². The van der Waals surface area contributed by atoms with Gasteiger partial charge in [-0.15, -0.1) is 0 Å². The molecule has 0 bridgehead atoms. The maximum atomic E-state index is 9.12. The van der Waals surface area contributed by atoms with Gasteiger partial charge in [0.2, 0.25) is 0 Å². The van der Waals surface area contributed by atoms with Gasteiger partial charge in [0.05, 0.1) is 19.3 Å². The van der Waals surface area contributed by atoms with Crippen LogP contribution in [0.5, 0.6) is 0 Å². The molecule has 1 aliphatic heterocycles. The smallest absolute Gasteiger partial charge is 0.0980 e. The van der Waals surface area contributed by atoms with Crippen LogP contribution in [0.2, 0.25) is 0 Å². The van der Waals surface area contributed by atoms with Gasteiger partial charge < -0.3 is 14.7 Å². The summed E-state index contributed by atoms with van der Waals surface area (Å²) in [7, 11) is 0. The van der Waals surface area contributed by atoms with Gasteiger partial charge in [0, 0.05) is 18.8 Å². The molecule has 3 heteroatoms. The standard InChI is InChI=1S/C13H19NO2/c1-10-3-4-13(11(2)7-10)14-5-6-16-12(8-14)9-15/h3-4,7,12,15H,5-6,8-9H2,1-2H3. The van der Waals surface area contributed by atoms with Crippen LogP contribution in [0, 0.1) is 13.8 Å². The van der Waals surface area contributed by atoms with E-state index in [1.807, 2.05) is 0 Å². The van der Waals surface area contributed by atoms with Crippen molar-refractivity contribution < 1.29 is 9.84 Å². The molecule has 0 radical (unpaired) electrons. The molecule has 0 aromatic heterocycles. The summed E-state index contributed by atoms with van der Waals surface area (Å²) in [5.41, 5.74) is 3.83. The maximum Gasteiger partial charge on any atom is 0.0980 e. The molecule has 1 atom stereocenters. The first kappa shape index (κ1) is 11.4. The van der Waals surface area contributed by atoms with Crippen molar-refractivity contribution in [1.29, 1.82) is 0 Å². The summed E-state index contributed by atoms with van der Waals surface area (Å²) in [6, 6.07) is 6.48. The molecule has 3 nitrogen and oxygen atoms in total. The highest BCUT2D eigenvalue weighted by molar-refractivity contribution is 5.54. The summed E-state index contributed by atoms with van der Waals surface area (Å²) in [6.07, 6.45) is -0.0468. The lowest BCUT2D eigenvalue weighted by molar-refractivity contribution is 0.00354. The first-order valence-corrected chi connectivity index (χ1v) is 5.75. The van der Waals surface area contributed by atoms with E-state index >= 15 is 0 Å². The minimum Gasteiger partial charge on any atom is -0.394 e. The van der Waals surface area contributed by atoms with Crippen LogP contribution >= 0.6 is 0 Å². The van der Waals surface area contributed by atoms with Gasteiger partial charge in [-0.1, -0.05) is 17.7 Å². The molecule has 1 N–H and O–H groups in total. The molecule has 2 rings (SSSR count). The number of aliphatic hydroxyl groups excluding tert-OH is 1. The van der Waals surface area contributed by atoms with E-state index < -0.39 is 0 Å². The SMILES string of the molecule is Cc1ccc(N2CCOC(CO)C2)c(C)c1. The van der Waals surface area contributed by atoms with E-state index in [0.29, 0.717) is 6.61 Å². The van der Waals surface area contributed by atoms with Crippen molar-refractivity contribution in [2.45, 2.75) is 20.0 Å². The zero-order valence-electron chi connectivity index (χ0n) is 9.94. The second-order valence-electron chi connectivity index (χ2n) is 4.41. The number of hydrogen-bond donors (Lipinski definition) is 1. The van der Waals surface area contributed by atoms with Crippen molar-refractivity contribution in [2.24, 2.45) is 0 Å². The summed E-state index contributed by atoms with van der Waals surface area (Å²) >= 11 is 0. The van der Waals surface area contributed by atoms with Crippen LogP contribution in [-0.4, -0.2) is 37.5 Å². The van der Waals surface area contributed by atoms with Crippen LogP contribution in [0.25, 0.3) is 0 Å². The lowest BCUT2D eigenvalue weighted by Crippen LogP contribution is -2.44. The molecule has 1 saturated heterocycles. The van der Waals surface area contributed by atoms with Crippen LogP contribution < -0.4 is 4.90 Å². The maximum absolute atomic E-state index is 9.12. The first-order chi connectivity index (χ1) is 7.70. The third-order valence-corrected chi connectivity index (χ3v) is 3.04. The van der Waals surface area contributed by atoms with Crippen LogP contribution in [0.3, 0.4) is 0 Å². The quantitative estimate of drug-likeness (QED) is 0.821. The Morgan fingerprint density at radius 2 is 2.25 bits per heavy atom. The summed E-state index contributed by atoms with van der Waals surface area (Å²) in [5, 5.41) is 9.12. The van der Waals surface area contributed by atoms with Gasteiger partial charge >= 0.3 is 0 Å². The Labute approximate surface area is 96.6 Å². The fourth-order valence-electron chi connectivity index (χ4n) is 2.21. The van der Waals surface area contributed by atoms with Crippen LogP contribution in [0.1, 0.15) is 11.1 Å². The van der Waals surface area contributed by atoms with Gasteiger partial charge in [-0.05, 0) is 25.5 Å². The summed E-state index contributed by atoms with van der Waals surface area (Å²) in [5.74, 6) is 0. The number of ether oxygens (including phenoxy) is 1. The molecule has 1 fully saturated rings. The second kappa shape index (κ2) is 4.85. The number of anilines is 1. The van der Waals surface area contributed by atoms with E-state index in [1.54, 1.807) is 0 Å². The molecule has 16 heavy (non-hydrogen) atoms. The Bertz CT molecular complexity index is 365. The highest BCUT2D eigenvalue weighted by Crippen LogP contribution is 2.23. The summed E-state index contributed by atoms with van der Waals surface area (Å²) < 4.78 is 5.45. The van der Waals surface area contributed by atoms with Crippen LogP contribution in [-0.2, 0) is 4.74 Å². The highest BCUT2D eigenvalue weighted by Gasteiger charge is 2.20. The Balaban J connectivity index is 2.16. The van der Waals surface area contributed by atoms with Gasteiger partial charge in [-0.2, -0.15) is 0 Å². The van der Waals surface area contributed by atoms with Crippen LogP contribution in [0.15, 0.2) is 18.2 Å². The molecule has 0 saturated carbocycles. The average Bonchev–Trinajstić information content (AvgIpc) is 2.29. The zero-order chi connectivity index (χ0) is 11.5. The van der Waals surface area contributed by atoms with Gasteiger partial charge in [0.15, 0.2) is 0 Å². The van der Waals surface area contributed by atoms with Crippen molar-refractivity contribution in [3.8, 4) is 0 Å². The molecule has 1 aromatic carbocycles. The Morgan fingerprint density at radius 3 is 2.94 bits per heavy atom. The van der Waals surface area contributed by atoms with Gasteiger partial charge in [0.1, 0.15) is 0 Å². The van der Waals surface area contributed by atoms with Gasteiger partial charge in [-0.3, -0.25) is 0 Å². The number of benzene rings is 1. The fourth-order valence-corrected chi connectivity index (χ4v) is 2.21. The number of aryl methyl sites for hydroxylation is 2. The molecule has 1 aliphatic rings. The molecular weight excluding hydrogens is 202 g/mol. The third-order valence-electron chi connectivity index (χ3n) is 3.04. The van der Waals surface area contributed by atoms with Crippen molar-refractivity contribution in [2.75, 3.05) is 31.2 Å². The Morgan fingerprint density at radius 1 is 1.44 bits per heavy atom. The summed E-state index contributed by atoms with van der Waals surface area (Å²) in [6.45, 7) is 6.71. The van der Waals surface area contributed by atoms with E-state index in [-0.39, 0.29) is 12.7 Å². The minimum atomic E-state index is -0.0468. The van der Waals surface area contributed by atoms with E-state index in [0.717, 1.165) is 13.1 Å². The lowest BCUT2D eigenvalue weighted by atomic mass is 10.1. The molecule has 1 heterocycles. The molecule has 88 valence electrons. The normalized spacial score (nSPS) is 21.2. The molecule has 0 spiro atoms.